The van der Waals surface area contributed by atoms with E-state index < -0.39 is 11.6 Å². The Balaban J connectivity index is 2.32. The van der Waals surface area contributed by atoms with Crippen molar-refractivity contribution in [2.75, 3.05) is 5.73 Å². The highest BCUT2D eigenvalue weighted by Crippen LogP contribution is 2.12. The maximum Gasteiger partial charge on any atom is 0.256 e. The molecule has 4 nitrogen and oxygen atoms in total. The van der Waals surface area contributed by atoms with Crippen molar-refractivity contribution in [3.63, 3.8) is 0 Å². The van der Waals surface area contributed by atoms with Gasteiger partial charge in [0.15, 0.2) is 0 Å². The molecule has 106 valence electrons. The van der Waals surface area contributed by atoms with E-state index in [0.29, 0.717) is 17.5 Å². The quantitative estimate of drug-likeness (QED) is 0.901. The molecule has 2 aromatic rings. The molecule has 0 saturated heterocycles. The average molecular weight is 279 g/mol. The number of aromatic amines is 1. The van der Waals surface area contributed by atoms with Crippen LogP contribution in [0.15, 0.2) is 23.0 Å². The van der Waals surface area contributed by atoms with Crippen molar-refractivity contribution < 1.29 is 8.78 Å². The van der Waals surface area contributed by atoms with E-state index >= 15 is 0 Å². The summed E-state index contributed by atoms with van der Waals surface area (Å²) in [4.78, 5) is 18.5. The van der Waals surface area contributed by atoms with Crippen LogP contribution in [0.3, 0.4) is 0 Å². The summed E-state index contributed by atoms with van der Waals surface area (Å²) in [5.74, 6) is -0.879. The normalized spacial score (nSPS) is 10.8. The van der Waals surface area contributed by atoms with Gasteiger partial charge in [0.05, 0.1) is 5.56 Å². The largest absolute Gasteiger partial charge is 0.383 e. The molecule has 0 spiro atoms. The summed E-state index contributed by atoms with van der Waals surface area (Å²) >= 11 is 0. The molecule has 0 bridgehead atoms. The van der Waals surface area contributed by atoms with Crippen LogP contribution < -0.4 is 11.3 Å². The lowest BCUT2D eigenvalue weighted by Crippen LogP contribution is -2.20. The van der Waals surface area contributed by atoms with E-state index in [4.69, 9.17) is 5.73 Å². The monoisotopic (exact) mass is 279 g/mol. The minimum atomic E-state index is -0.669. The topological polar surface area (TPSA) is 71.8 Å². The van der Waals surface area contributed by atoms with Crippen molar-refractivity contribution in [1.29, 1.82) is 0 Å². The number of rotatable bonds is 4. The van der Waals surface area contributed by atoms with Crippen molar-refractivity contribution in [2.24, 2.45) is 0 Å². The molecule has 0 amide bonds. The molecular formula is C14H15F2N3O. The summed E-state index contributed by atoms with van der Waals surface area (Å²) in [6, 6.07) is 3.18. The molecule has 0 fully saturated rings. The SMILES string of the molecule is CCCc1c(N)nc(Cc2cc(F)cc(F)c2)[nH]c1=O. The van der Waals surface area contributed by atoms with Gasteiger partial charge in [-0.25, -0.2) is 13.8 Å². The molecule has 0 aliphatic heterocycles. The summed E-state index contributed by atoms with van der Waals surface area (Å²) in [5, 5.41) is 0. The molecule has 3 N–H and O–H groups in total. The Morgan fingerprint density at radius 3 is 2.45 bits per heavy atom. The maximum absolute atomic E-state index is 13.1. The fourth-order valence-electron chi connectivity index (χ4n) is 2.05. The van der Waals surface area contributed by atoms with Crippen LogP contribution in [0.4, 0.5) is 14.6 Å². The Labute approximate surface area is 114 Å². The third-order valence-corrected chi connectivity index (χ3v) is 2.89. The Morgan fingerprint density at radius 2 is 1.90 bits per heavy atom. The first kappa shape index (κ1) is 14.2. The van der Waals surface area contributed by atoms with Crippen LogP contribution in [0.25, 0.3) is 0 Å². The molecule has 20 heavy (non-hydrogen) atoms. The van der Waals surface area contributed by atoms with Gasteiger partial charge in [0.25, 0.3) is 5.56 Å². The second kappa shape index (κ2) is 5.81. The van der Waals surface area contributed by atoms with Gasteiger partial charge in [-0.15, -0.1) is 0 Å². The second-order valence-electron chi connectivity index (χ2n) is 4.58. The van der Waals surface area contributed by atoms with Crippen LogP contribution in [0.1, 0.15) is 30.3 Å². The number of anilines is 1. The second-order valence-corrected chi connectivity index (χ2v) is 4.58. The van der Waals surface area contributed by atoms with Crippen molar-refractivity contribution >= 4 is 5.82 Å². The molecule has 2 rings (SSSR count). The van der Waals surface area contributed by atoms with Crippen molar-refractivity contribution in [3.8, 4) is 0 Å². The standard InChI is InChI=1S/C14H15F2N3O/c1-2-3-11-13(17)18-12(19-14(11)20)6-8-4-9(15)7-10(16)5-8/h4-5,7H,2-3,6H2,1H3,(H3,17,18,19,20). The van der Waals surface area contributed by atoms with Gasteiger partial charge in [-0.3, -0.25) is 4.79 Å². The lowest BCUT2D eigenvalue weighted by atomic mass is 10.1. The number of aromatic nitrogens is 2. The fourth-order valence-corrected chi connectivity index (χ4v) is 2.05. The molecule has 1 heterocycles. The Morgan fingerprint density at radius 1 is 1.25 bits per heavy atom. The molecule has 0 saturated carbocycles. The molecule has 0 atom stereocenters. The zero-order valence-corrected chi connectivity index (χ0v) is 11.0. The highest BCUT2D eigenvalue weighted by Gasteiger charge is 2.09. The summed E-state index contributed by atoms with van der Waals surface area (Å²) < 4.78 is 26.2. The Hall–Kier alpha value is -2.24. The minimum Gasteiger partial charge on any atom is -0.383 e. The van der Waals surface area contributed by atoms with Gasteiger partial charge in [0.1, 0.15) is 23.3 Å². The van der Waals surface area contributed by atoms with E-state index in [9.17, 15) is 13.6 Å². The number of hydrogen-bond donors (Lipinski definition) is 2. The number of halogens is 2. The number of H-pyrrole nitrogens is 1. The fraction of sp³-hybridized carbons (Fsp3) is 0.286. The Kier molecular flexibility index (Phi) is 4.12. The number of benzene rings is 1. The van der Waals surface area contributed by atoms with E-state index in [0.717, 1.165) is 12.5 Å². The molecule has 0 unspecified atom stereocenters. The summed E-state index contributed by atoms with van der Waals surface area (Å²) in [5.41, 5.74) is 6.27. The molecule has 6 heteroatoms. The first-order valence-corrected chi connectivity index (χ1v) is 6.32. The minimum absolute atomic E-state index is 0.112. The van der Waals surface area contributed by atoms with Gasteiger partial charge in [-0.1, -0.05) is 13.3 Å². The number of nitrogens with one attached hydrogen (secondary N) is 1. The summed E-state index contributed by atoms with van der Waals surface area (Å²) in [6.45, 7) is 1.93. The van der Waals surface area contributed by atoms with E-state index in [1.54, 1.807) is 0 Å². The predicted molar refractivity (Wildman–Crippen MR) is 72.4 cm³/mol. The zero-order chi connectivity index (χ0) is 14.7. The third-order valence-electron chi connectivity index (χ3n) is 2.89. The highest BCUT2D eigenvalue weighted by atomic mass is 19.1. The molecule has 1 aromatic heterocycles. The van der Waals surface area contributed by atoms with Crippen molar-refractivity contribution in [1.82, 2.24) is 9.97 Å². The van der Waals surface area contributed by atoms with E-state index in [1.165, 1.54) is 12.1 Å². The number of nitrogen functional groups attached to an aromatic ring is 1. The first-order chi connectivity index (χ1) is 9.49. The van der Waals surface area contributed by atoms with E-state index in [1.807, 2.05) is 6.92 Å². The molecule has 1 aromatic carbocycles. The predicted octanol–water partition coefficient (Wildman–Crippen LogP) is 2.17. The van der Waals surface area contributed by atoms with Crippen LogP contribution >= 0.6 is 0 Å². The zero-order valence-electron chi connectivity index (χ0n) is 11.0. The maximum atomic E-state index is 13.1. The van der Waals surface area contributed by atoms with E-state index in [-0.39, 0.29) is 23.6 Å². The molecular weight excluding hydrogens is 264 g/mol. The van der Waals surface area contributed by atoms with Crippen molar-refractivity contribution in [2.45, 2.75) is 26.2 Å². The Bertz CT molecular complexity index is 662. The number of hydrogen-bond acceptors (Lipinski definition) is 3. The van der Waals surface area contributed by atoms with Crippen LogP contribution in [0.5, 0.6) is 0 Å². The van der Waals surface area contributed by atoms with Crippen LogP contribution in [0, 0.1) is 11.6 Å². The molecule has 0 radical (unpaired) electrons. The summed E-state index contributed by atoms with van der Waals surface area (Å²) in [7, 11) is 0. The van der Waals surface area contributed by atoms with Gasteiger partial charge in [-0.2, -0.15) is 0 Å². The lowest BCUT2D eigenvalue weighted by molar-refractivity contribution is 0.580. The molecule has 0 aliphatic rings. The van der Waals surface area contributed by atoms with Crippen LogP contribution in [-0.2, 0) is 12.8 Å². The van der Waals surface area contributed by atoms with Crippen molar-refractivity contribution in [3.05, 3.63) is 57.1 Å². The number of nitrogens with two attached hydrogens (primary N) is 1. The first-order valence-electron chi connectivity index (χ1n) is 6.32. The number of nitrogens with zero attached hydrogens (tertiary/aromatic N) is 1. The van der Waals surface area contributed by atoms with Gasteiger partial charge in [0.2, 0.25) is 0 Å². The summed E-state index contributed by atoms with van der Waals surface area (Å²) in [6.07, 6.45) is 1.44. The van der Waals surface area contributed by atoms with Gasteiger partial charge < -0.3 is 10.7 Å². The van der Waals surface area contributed by atoms with Gasteiger partial charge >= 0.3 is 0 Å². The highest BCUT2D eigenvalue weighted by molar-refractivity contribution is 5.38. The lowest BCUT2D eigenvalue weighted by Gasteiger charge is -2.06. The average Bonchev–Trinajstić information content (AvgIpc) is 2.32. The third kappa shape index (κ3) is 3.20. The van der Waals surface area contributed by atoms with Crippen LogP contribution in [0.2, 0.25) is 0 Å². The van der Waals surface area contributed by atoms with E-state index in [2.05, 4.69) is 9.97 Å². The van der Waals surface area contributed by atoms with Crippen LogP contribution in [-0.4, -0.2) is 9.97 Å². The van der Waals surface area contributed by atoms with Gasteiger partial charge in [-0.05, 0) is 24.1 Å². The molecule has 0 aliphatic carbocycles. The smallest absolute Gasteiger partial charge is 0.256 e. The van der Waals surface area contributed by atoms with Gasteiger partial charge in [0, 0.05) is 12.5 Å².